The van der Waals surface area contributed by atoms with Crippen LogP contribution < -0.4 is 15.4 Å². The van der Waals surface area contributed by atoms with Crippen molar-refractivity contribution in [3.63, 3.8) is 0 Å². The Kier molecular flexibility index (Phi) is 4.86. The van der Waals surface area contributed by atoms with Gasteiger partial charge in [-0.3, -0.25) is 9.59 Å². The number of anilines is 2. The number of hydrogen-bond donors (Lipinski definition) is 2. The highest BCUT2D eigenvalue weighted by atomic mass is 16.5. The summed E-state index contributed by atoms with van der Waals surface area (Å²) in [6.45, 7) is 1.89. The van der Waals surface area contributed by atoms with Gasteiger partial charge in [0.15, 0.2) is 0 Å². The predicted octanol–water partition coefficient (Wildman–Crippen LogP) is 4.54. The standard InChI is InChI=1S/C25H22N4O3/c1-15-23(17-10-12-18(32-2)13-11-17)24-27-25(31)21(29(24)28-15)14-22(30)26-20-9-5-7-16-6-3-4-8-19(16)20/h3-13,21H,14H2,1-2H3,(H,26,30)(H,27,31). The largest absolute Gasteiger partial charge is 0.497 e. The lowest BCUT2D eigenvalue weighted by atomic mass is 10.1. The first kappa shape index (κ1) is 19.8. The van der Waals surface area contributed by atoms with Crippen molar-refractivity contribution in [3.05, 3.63) is 72.4 Å². The van der Waals surface area contributed by atoms with Crippen LogP contribution in [0, 0.1) is 6.92 Å². The SMILES string of the molecule is COc1ccc(-c2c(C)nn3c2NC(=O)C3CC(=O)Nc2cccc3ccccc23)cc1. The Morgan fingerprint density at radius 3 is 2.62 bits per heavy atom. The first-order valence-corrected chi connectivity index (χ1v) is 10.4. The molecule has 7 heteroatoms. The number of nitrogens with one attached hydrogen (secondary N) is 2. The van der Waals surface area contributed by atoms with Crippen molar-refractivity contribution >= 4 is 34.1 Å². The zero-order valence-electron chi connectivity index (χ0n) is 17.8. The molecular formula is C25H22N4O3. The molecule has 1 aromatic heterocycles. The molecule has 2 N–H and O–H groups in total. The predicted molar refractivity (Wildman–Crippen MR) is 124 cm³/mol. The molecule has 0 fully saturated rings. The van der Waals surface area contributed by atoms with Crippen molar-refractivity contribution in [2.24, 2.45) is 0 Å². The number of methoxy groups -OCH3 is 1. The summed E-state index contributed by atoms with van der Waals surface area (Å²) in [5.41, 5.74) is 3.27. The highest BCUT2D eigenvalue weighted by molar-refractivity contribution is 6.06. The molecule has 32 heavy (non-hydrogen) atoms. The van der Waals surface area contributed by atoms with Crippen LogP contribution >= 0.6 is 0 Å². The third-order valence-electron chi connectivity index (χ3n) is 5.75. The number of aryl methyl sites for hydroxylation is 1. The summed E-state index contributed by atoms with van der Waals surface area (Å²) >= 11 is 0. The topological polar surface area (TPSA) is 85.2 Å². The van der Waals surface area contributed by atoms with Crippen molar-refractivity contribution in [3.8, 4) is 16.9 Å². The van der Waals surface area contributed by atoms with Crippen LogP contribution in [0.4, 0.5) is 11.5 Å². The smallest absolute Gasteiger partial charge is 0.251 e. The van der Waals surface area contributed by atoms with E-state index in [2.05, 4.69) is 15.7 Å². The Labute approximate surface area is 185 Å². The number of aromatic nitrogens is 2. The minimum atomic E-state index is -0.703. The van der Waals surface area contributed by atoms with Gasteiger partial charge in [-0.2, -0.15) is 5.10 Å². The van der Waals surface area contributed by atoms with E-state index in [4.69, 9.17) is 4.74 Å². The van der Waals surface area contributed by atoms with Gasteiger partial charge >= 0.3 is 0 Å². The summed E-state index contributed by atoms with van der Waals surface area (Å²) < 4.78 is 6.85. The summed E-state index contributed by atoms with van der Waals surface area (Å²) in [5.74, 6) is 0.881. The Hall–Kier alpha value is -4.13. The molecular weight excluding hydrogens is 404 g/mol. The molecule has 0 saturated heterocycles. The Morgan fingerprint density at radius 2 is 1.84 bits per heavy atom. The number of nitrogens with zero attached hydrogens (tertiary/aromatic N) is 2. The van der Waals surface area contributed by atoms with Crippen LogP contribution in [0.3, 0.4) is 0 Å². The van der Waals surface area contributed by atoms with Crippen molar-refractivity contribution in [1.82, 2.24) is 9.78 Å². The molecule has 1 atom stereocenters. The van der Waals surface area contributed by atoms with Gasteiger partial charge in [-0.05, 0) is 36.1 Å². The van der Waals surface area contributed by atoms with Gasteiger partial charge in [0.2, 0.25) is 5.91 Å². The van der Waals surface area contributed by atoms with Crippen LogP contribution in [0.2, 0.25) is 0 Å². The minimum Gasteiger partial charge on any atom is -0.497 e. The lowest BCUT2D eigenvalue weighted by Crippen LogP contribution is -2.23. The van der Waals surface area contributed by atoms with Gasteiger partial charge in [-0.15, -0.1) is 0 Å². The van der Waals surface area contributed by atoms with Gasteiger partial charge in [-0.1, -0.05) is 48.5 Å². The number of carbonyl (C=O) groups is 2. The van der Waals surface area contributed by atoms with Crippen LogP contribution in [-0.4, -0.2) is 28.7 Å². The molecule has 2 amide bonds. The van der Waals surface area contributed by atoms with Crippen molar-refractivity contribution < 1.29 is 14.3 Å². The van der Waals surface area contributed by atoms with Crippen molar-refractivity contribution in [1.29, 1.82) is 0 Å². The number of hydrogen-bond acceptors (Lipinski definition) is 4. The molecule has 5 rings (SSSR count). The molecule has 1 unspecified atom stereocenters. The number of benzene rings is 3. The highest BCUT2D eigenvalue weighted by Gasteiger charge is 2.36. The first-order chi connectivity index (χ1) is 15.5. The van der Waals surface area contributed by atoms with E-state index >= 15 is 0 Å². The molecule has 160 valence electrons. The molecule has 0 spiro atoms. The van der Waals surface area contributed by atoms with E-state index in [1.807, 2.05) is 73.7 Å². The van der Waals surface area contributed by atoms with Crippen LogP contribution in [-0.2, 0) is 9.59 Å². The molecule has 2 heterocycles. The summed E-state index contributed by atoms with van der Waals surface area (Å²) in [4.78, 5) is 25.6. The Balaban J connectivity index is 1.40. The average Bonchev–Trinajstić information content (AvgIpc) is 3.27. The average molecular weight is 426 g/mol. The molecule has 7 nitrogen and oxygen atoms in total. The van der Waals surface area contributed by atoms with Gasteiger partial charge in [0, 0.05) is 16.6 Å². The normalized spacial score (nSPS) is 14.8. The maximum atomic E-state index is 12.9. The Bertz CT molecular complexity index is 1340. The zero-order chi connectivity index (χ0) is 22.2. The molecule has 1 aliphatic rings. The lowest BCUT2D eigenvalue weighted by molar-refractivity contribution is -0.123. The quantitative estimate of drug-likeness (QED) is 0.491. The van der Waals surface area contributed by atoms with Crippen molar-refractivity contribution in [2.45, 2.75) is 19.4 Å². The fourth-order valence-electron chi connectivity index (χ4n) is 4.20. The second-order valence-electron chi connectivity index (χ2n) is 7.77. The van der Waals surface area contributed by atoms with Gasteiger partial charge in [0.05, 0.1) is 19.2 Å². The molecule has 0 aliphatic carbocycles. The molecule has 4 aromatic rings. The molecule has 3 aromatic carbocycles. The number of ether oxygens (including phenoxy) is 1. The maximum absolute atomic E-state index is 12.9. The monoisotopic (exact) mass is 426 g/mol. The minimum absolute atomic E-state index is 0.00870. The van der Waals surface area contributed by atoms with Gasteiger partial charge in [0.25, 0.3) is 5.91 Å². The third-order valence-corrected chi connectivity index (χ3v) is 5.75. The molecule has 0 bridgehead atoms. The van der Waals surface area contributed by atoms with E-state index in [9.17, 15) is 9.59 Å². The summed E-state index contributed by atoms with van der Waals surface area (Å²) in [6, 6.07) is 20.5. The Morgan fingerprint density at radius 1 is 1.09 bits per heavy atom. The van der Waals surface area contributed by atoms with Gasteiger partial charge in [-0.25, -0.2) is 4.68 Å². The van der Waals surface area contributed by atoms with E-state index in [1.165, 1.54) is 0 Å². The molecule has 0 saturated carbocycles. The molecule has 1 aliphatic heterocycles. The van der Waals surface area contributed by atoms with E-state index in [0.717, 1.165) is 39.0 Å². The van der Waals surface area contributed by atoms with E-state index in [-0.39, 0.29) is 18.2 Å². The van der Waals surface area contributed by atoms with E-state index < -0.39 is 6.04 Å². The fourth-order valence-corrected chi connectivity index (χ4v) is 4.20. The summed E-state index contributed by atoms with van der Waals surface area (Å²) in [6.07, 6.45) is -0.00870. The maximum Gasteiger partial charge on any atom is 0.251 e. The van der Waals surface area contributed by atoms with E-state index in [0.29, 0.717) is 5.82 Å². The van der Waals surface area contributed by atoms with Crippen LogP contribution in [0.1, 0.15) is 18.2 Å². The first-order valence-electron chi connectivity index (χ1n) is 10.4. The van der Waals surface area contributed by atoms with Crippen LogP contribution in [0.5, 0.6) is 5.75 Å². The summed E-state index contributed by atoms with van der Waals surface area (Å²) in [5, 5.41) is 12.4. The highest BCUT2D eigenvalue weighted by Crippen LogP contribution is 2.38. The summed E-state index contributed by atoms with van der Waals surface area (Å²) in [7, 11) is 1.62. The van der Waals surface area contributed by atoms with Crippen LogP contribution in [0.15, 0.2) is 66.7 Å². The second kappa shape index (κ2) is 7.85. The van der Waals surface area contributed by atoms with Gasteiger partial charge < -0.3 is 15.4 Å². The van der Waals surface area contributed by atoms with Crippen molar-refractivity contribution in [2.75, 3.05) is 17.7 Å². The number of fused-ring (bicyclic) bond motifs is 2. The number of rotatable bonds is 5. The van der Waals surface area contributed by atoms with Gasteiger partial charge in [0.1, 0.15) is 17.6 Å². The van der Waals surface area contributed by atoms with E-state index in [1.54, 1.807) is 11.8 Å². The number of carbonyl (C=O) groups excluding carboxylic acids is 2. The zero-order valence-corrected chi connectivity index (χ0v) is 17.8. The molecule has 0 radical (unpaired) electrons. The second-order valence-corrected chi connectivity index (χ2v) is 7.77. The third kappa shape index (κ3) is 3.37. The fraction of sp³-hybridized carbons (Fsp3) is 0.160. The number of amides is 2. The van der Waals surface area contributed by atoms with Crippen LogP contribution in [0.25, 0.3) is 21.9 Å². The lowest BCUT2D eigenvalue weighted by Gasteiger charge is -2.12.